The number of carbonyl (C=O) groups excluding carboxylic acids is 1. The molecule has 3 aliphatic carbocycles. The van der Waals surface area contributed by atoms with E-state index in [1.165, 1.54) is 6.92 Å². The Hall–Kier alpha value is -1.71. The van der Waals surface area contributed by atoms with Gasteiger partial charge in [0.2, 0.25) is 0 Å². The first-order valence-corrected chi connectivity index (χ1v) is 13.5. The number of hydrogen-bond acceptors (Lipinski definition) is 4. The highest BCUT2D eigenvalue weighted by Gasteiger charge is 2.78. The van der Waals surface area contributed by atoms with Gasteiger partial charge in [0.15, 0.2) is 5.78 Å². The van der Waals surface area contributed by atoms with Gasteiger partial charge in [-0.05, 0) is 90.7 Å². The van der Waals surface area contributed by atoms with Crippen molar-refractivity contribution < 1.29 is 36.6 Å². The maximum absolute atomic E-state index is 14.9. The van der Waals surface area contributed by atoms with Crippen molar-refractivity contribution in [1.29, 1.82) is 0 Å². The first-order chi connectivity index (χ1) is 16.8. The van der Waals surface area contributed by atoms with E-state index < -0.39 is 48.2 Å². The molecule has 0 spiro atoms. The summed E-state index contributed by atoms with van der Waals surface area (Å²) in [6, 6.07) is 7.64. The van der Waals surface area contributed by atoms with E-state index in [1.54, 1.807) is 17.8 Å². The fraction of sp³-hybridized carbons (Fsp3) is 0.593. The molecule has 0 radical (unpaired) electrons. The molecule has 1 aromatic rings. The number of alkyl halides is 5. The molecule has 0 aromatic heterocycles. The summed E-state index contributed by atoms with van der Waals surface area (Å²) in [5.74, 6) is -6.20. The van der Waals surface area contributed by atoms with Crippen LogP contribution in [0.15, 0.2) is 52.0 Å². The number of aliphatic hydroxyl groups is 1. The monoisotopic (exact) mass is 528 g/mol. The summed E-state index contributed by atoms with van der Waals surface area (Å²) in [6.45, 7) is 0.904. The number of allylic oxidation sites excluding steroid dienone is 3. The third-order valence-corrected chi connectivity index (χ3v) is 9.75. The van der Waals surface area contributed by atoms with Crippen molar-refractivity contribution in [3.8, 4) is 0 Å². The highest BCUT2D eigenvalue weighted by molar-refractivity contribution is 7.98. The number of rotatable bonds is 3. The van der Waals surface area contributed by atoms with Crippen LogP contribution in [0, 0.1) is 17.3 Å². The van der Waals surface area contributed by atoms with Crippen LogP contribution in [0.25, 0.3) is 0 Å². The molecule has 0 bridgehead atoms. The van der Waals surface area contributed by atoms with E-state index in [4.69, 9.17) is 4.74 Å². The van der Waals surface area contributed by atoms with Gasteiger partial charge < -0.3 is 9.84 Å². The van der Waals surface area contributed by atoms with Crippen LogP contribution in [-0.2, 0) is 9.53 Å². The Bertz CT molecular complexity index is 1130. The topological polar surface area (TPSA) is 46.5 Å². The largest absolute Gasteiger partial charge is 0.456 e. The molecule has 0 amide bonds. The van der Waals surface area contributed by atoms with Crippen LogP contribution >= 0.6 is 11.8 Å². The minimum Gasteiger partial charge on any atom is -0.383 e. The van der Waals surface area contributed by atoms with Crippen molar-refractivity contribution >= 4 is 17.5 Å². The van der Waals surface area contributed by atoms with Gasteiger partial charge >= 0.3 is 12.1 Å². The van der Waals surface area contributed by atoms with E-state index in [0.29, 0.717) is 25.7 Å². The zero-order chi connectivity index (χ0) is 26.1. The van der Waals surface area contributed by atoms with Crippen molar-refractivity contribution in [2.75, 3.05) is 12.9 Å². The molecule has 1 heterocycles. The van der Waals surface area contributed by atoms with E-state index in [9.17, 15) is 31.9 Å². The van der Waals surface area contributed by atoms with Crippen molar-refractivity contribution in [3.05, 3.63) is 52.6 Å². The van der Waals surface area contributed by atoms with Gasteiger partial charge in [-0.2, -0.15) is 22.0 Å². The van der Waals surface area contributed by atoms with Gasteiger partial charge in [0.1, 0.15) is 11.7 Å². The smallest absolute Gasteiger partial charge is 0.383 e. The normalized spacial score (nSPS) is 35.1. The molecule has 5 rings (SSSR count). The first-order valence-electron chi connectivity index (χ1n) is 12.2. The molecule has 1 saturated carbocycles. The highest BCUT2D eigenvalue weighted by Crippen LogP contribution is 2.66. The van der Waals surface area contributed by atoms with Gasteiger partial charge in [0.05, 0.1) is 6.61 Å². The quantitative estimate of drug-likeness (QED) is 0.346. The number of benzene rings is 1. The van der Waals surface area contributed by atoms with E-state index in [2.05, 4.69) is 0 Å². The lowest BCUT2D eigenvalue weighted by Crippen LogP contribution is -2.65. The van der Waals surface area contributed by atoms with Crippen molar-refractivity contribution in [2.24, 2.45) is 17.3 Å². The van der Waals surface area contributed by atoms with Crippen molar-refractivity contribution in [1.82, 2.24) is 0 Å². The van der Waals surface area contributed by atoms with Crippen LogP contribution in [0.1, 0.15) is 57.1 Å². The zero-order valence-electron chi connectivity index (χ0n) is 20.1. The standard InChI is InChI=1S/C27H29F5O3S/c1-24-14-35-23(15-3-7-18(36-2)8-4-15)22-19-10-6-17(33)13-16(19)5-9-20(22)21(24)11-12-25(24,34)26(28,29)27(30,31)32/h3-4,7-8,13,20-21,23,34H,5-6,9-12,14H2,1-2H3/t20?,21?,23-,24+,25+/m1/s1. The van der Waals surface area contributed by atoms with Gasteiger partial charge in [-0.1, -0.05) is 19.1 Å². The van der Waals surface area contributed by atoms with Gasteiger partial charge in [-0.25, -0.2) is 0 Å². The lowest BCUT2D eigenvalue weighted by atomic mass is 9.60. The van der Waals surface area contributed by atoms with Gasteiger partial charge in [0, 0.05) is 16.7 Å². The van der Waals surface area contributed by atoms with Crippen molar-refractivity contribution in [3.63, 3.8) is 0 Å². The van der Waals surface area contributed by atoms with Crippen LogP contribution in [0.4, 0.5) is 22.0 Å². The van der Waals surface area contributed by atoms with Crippen LogP contribution in [-0.4, -0.2) is 41.5 Å². The Kier molecular flexibility index (Phi) is 6.24. The number of thioether (sulfide) groups is 1. The second kappa shape index (κ2) is 8.67. The van der Waals surface area contributed by atoms with Crippen LogP contribution in [0.5, 0.6) is 0 Å². The molecule has 1 aliphatic heterocycles. The molecule has 3 nitrogen and oxygen atoms in total. The molecular formula is C27H29F5O3S. The molecule has 2 unspecified atom stereocenters. The van der Waals surface area contributed by atoms with E-state index in [1.807, 2.05) is 30.5 Å². The number of ketones is 1. The SMILES string of the molecule is CSc1ccc([C@H]2OC[C@@]3(C)C(CC[C@@]3(O)C(F)(F)C(F)(F)F)C3CCC4=CC(=O)CCC4=C32)cc1. The number of fused-ring (bicyclic) bond motifs is 4. The summed E-state index contributed by atoms with van der Waals surface area (Å²) in [6.07, 6.45) is -1.69. The van der Waals surface area contributed by atoms with Crippen LogP contribution in [0.2, 0.25) is 0 Å². The van der Waals surface area contributed by atoms with E-state index in [-0.39, 0.29) is 18.1 Å². The molecule has 1 aromatic carbocycles. The minimum absolute atomic E-state index is 0.0353. The second-order valence-electron chi connectivity index (χ2n) is 10.7. The number of halogens is 5. The molecule has 36 heavy (non-hydrogen) atoms. The summed E-state index contributed by atoms with van der Waals surface area (Å²) in [5, 5.41) is 11.2. The molecule has 5 atom stereocenters. The molecule has 4 aliphatic rings. The lowest BCUT2D eigenvalue weighted by molar-refractivity contribution is -0.363. The number of carbonyl (C=O) groups is 1. The Morgan fingerprint density at radius 3 is 2.39 bits per heavy atom. The predicted molar refractivity (Wildman–Crippen MR) is 126 cm³/mol. The van der Waals surface area contributed by atoms with Crippen LogP contribution < -0.4 is 0 Å². The number of ether oxygens (including phenoxy) is 1. The Morgan fingerprint density at radius 1 is 1.06 bits per heavy atom. The Balaban J connectivity index is 1.67. The summed E-state index contributed by atoms with van der Waals surface area (Å²) < 4.78 is 76.8. The minimum atomic E-state index is -5.88. The second-order valence-corrected chi connectivity index (χ2v) is 11.6. The zero-order valence-corrected chi connectivity index (χ0v) is 20.9. The summed E-state index contributed by atoms with van der Waals surface area (Å²) >= 11 is 1.56. The maximum Gasteiger partial charge on any atom is 0.456 e. The van der Waals surface area contributed by atoms with Gasteiger partial charge in [-0.3, -0.25) is 4.79 Å². The molecule has 2 fully saturated rings. The number of hydrogen-bond donors (Lipinski definition) is 1. The molecular weight excluding hydrogens is 499 g/mol. The fourth-order valence-corrected chi connectivity index (χ4v) is 7.48. The average molecular weight is 529 g/mol. The lowest BCUT2D eigenvalue weighted by Gasteiger charge is -2.47. The summed E-state index contributed by atoms with van der Waals surface area (Å²) in [5.41, 5.74) is -1.56. The fourth-order valence-electron chi connectivity index (χ4n) is 7.07. The highest BCUT2D eigenvalue weighted by atomic mass is 32.2. The Labute approximate surface area is 211 Å². The average Bonchev–Trinajstić information content (AvgIpc) is 3.02. The van der Waals surface area contributed by atoms with Gasteiger partial charge in [0.25, 0.3) is 0 Å². The summed E-state index contributed by atoms with van der Waals surface area (Å²) in [7, 11) is 0. The van der Waals surface area contributed by atoms with E-state index in [0.717, 1.165) is 27.2 Å². The first kappa shape index (κ1) is 25.9. The van der Waals surface area contributed by atoms with Crippen molar-refractivity contribution in [2.45, 2.75) is 74.1 Å². The van der Waals surface area contributed by atoms with Crippen LogP contribution in [0.3, 0.4) is 0 Å². The molecule has 196 valence electrons. The summed E-state index contributed by atoms with van der Waals surface area (Å²) in [4.78, 5) is 13.2. The third kappa shape index (κ3) is 3.63. The predicted octanol–water partition coefficient (Wildman–Crippen LogP) is 6.82. The van der Waals surface area contributed by atoms with Gasteiger partial charge in [-0.15, -0.1) is 11.8 Å². The molecule has 1 N–H and O–H groups in total. The Morgan fingerprint density at radius 2 is 1.75 bits per heavy atom. The maximum atomic E-state index is 14.9. The molecule has 1 saturated heterocycles. The third-order valence-electron chi connectivity index (χ3n) is 9.01. The van der Waals surface area contributed by atoms with E-state index >= 15 is 0 Å². The molecule has 9 heteroatoms.